The number of carbonyl (C=O) groups is 1. The molecule has 100 valence electrons. The third kappa shape index (κ3) is 3.13. The number of thiophene rings is 1. The Morgan fingerprint density at radius 2 is 2.21 bits per heavy atom. The smallest absolute Gasteiger partial charge is 0.262 e. The average molecular weight is 341 g/mol. The minimum atomic E-state index is -0.179. The average Bonchev–Trinajstić information content (AvgIpc) is 2.73. The predicted molar refractivity (Wildman–Crippen MR) is 79.7 cm³/mol. The summed E-state index contributed by atoms with van der Waals surface area (Å²) in [7, 11) is 0. The fraction of sp³-hybridized carbons (Fsp3) is 0.231. The van der Waals surface area contributed by atoms with Crippen LogP contribution in [0.2, 0.25) is 0 Å². The number of halogens is 1. The lowest BCUT2D eigenvalue weighted by Crippen LogP contribution is -2.27. The van der Waals surface area contributed by atoms with Gasteiger partial charge in [0.25, 0.3) is 11.5 Å². The molecule has 0 saturated carbocycles. The Balaban J connectivity index is 2.14. The Morgan fingerprint density at radius 3 is 2.79 bits per heavy atom. The molecule has 2 N–H and O–H groups in total. The van der Waals surface area contributed by atoms with Gasteiger partial charge in [0.05, 0.1) is 0 Å². The summed E-state index contributed by atoms with van der Waals surface area (Å²) in [4.78, 5) is 27.1. The molecular weight excluding hydrogens is 328 g/mol. The van der Waals surface area contributed by atoms with Crippen molar-refractivity contribution >= 4 is 33.2 Å². The van der Waals surface area contributed by atoms with E-state index in [2.05, 4.69) is 26.2 Å². The van der Waals surface area contributed by atoms with Crippen molar-refractivity contribution in [2.45, 2.75) is 20.4 Å². The molecule has 6 heteroatoms. The molecule has 2 aromatic rings. The van der Waals surface area contributed by atoms with Gasteiger partial charge in [-0.2, -0.15) is 0 Å². The topological polar surface area (TPSA) is 62.0 Å². The third-order valence-electron chi connectivity index (χ3n) is 2.74. The first-order valence-electron chi connectivity index (χ1n) is 5.69. The van der Waals surface area contributed by atoms with E-state index < -0.39 is 0 Å². The minimum absolute atomic E-state index is 0.150. The van der Waals surface area contributed by atoms with Gasteiger partial charge in [0.15, 0.2) is 0 Å². The van der Waals surface area contributed by atoms with Gasteiger partial charge in [-0.1, -0.05) is 0 Å². The van der Waals surface area contributed by atoms with E-state index in [0.29, 0.717) is 10.4 Å². The lowest BCUT2D eigenvalue weighted by molar-refractivity contribution is 0.0954. The Labute approximate surface area is 123 Å². The third-order valence-corrected chi connectivity index (χ3v) is 4.58. The van der Waals surface area contributed by atoms with E-state index >= 15 is 0 Å². The lowest BCUT2D eigenvalue weighted by atomic mass is 10.1. The number of rotatable bonds is 3. The maximum absolute atomic E-state index is 11.9. The number of carbonyl (C=O) groups excluding carboxylic acids is 1. The summed E-state index contributed by atoms with van der Waals surface area (Å²) in [6.07, 6.45) is 0. The number of H-pyrrole nitrogens is 1. The molecular formula is C13H13BrN2O2S. The van der Waals surface area contributed by atoms with E-state index in [1.807, 2.05) is 31.4 Å². The predicted octanol–water partition coefficient (Wildman–Crippen LogP) is 2.75. The molecule has 0 saturated heterocycles. The second-order valence-electron chi connectivity index (χ2n) is 4.22. The van der Waals surface area contributed by atoms with Crippen LogP contribution in [0.4, 0.5) is 0 Å². The van der Waals surface area contributed by atoms with E-state index in [9.17, 15) is 9.59 Å². The highest BCUT2D eigenvalue weighted by atomic mass is 79.9. The van der Waals surface area contributed by atoms with Gasteiger partial charge in [0.2, 0.25) is 0 Å². The van der Waals surface area contributed by atoms with Crippen molar-refractivity contribution in [3.63, 3.8) is 0 Å². The molecule has 0 fully saturated rings. The van der Waals surface area contributed by atoms with Gasteiger partial charge in [-0.15, -0.1) is 11.3 Å². The standard InChI is InChI=1S/C13H13BrN2O2S/c1-7-5-8(2)16-12(17)9(7)6-15-13(18)11-10(14)3-4-19-11/h3-5H,6H2,1-2H3,(H,15,18)(H,16,17). The molecule has 2 aromatic heterocycles. The van der Waals surface area contributed by atoms with Crippen molar-refractivity contribution in [2.24, 2.45) is 0 Å². The SMILES string of the molecule is Cc1cc(C)c(CNC(=O)c2sccc2Br)c(=O)[nH]1. The molecule has 4 nitrogen and oxygen atoms in total. The van der Waals surface area contributed by atoms with Crippen molar-refractivity contribution in [1.29, 1.82) is 0 Å². The van der Waals surface area contributed by atoms with Crippen molar-refractivity contribution in [2.75, 3.05) is 0 Å². The van der Waals surface area contributed by atoms with Crippen molar-refractivity contribution < 1.29 is 4.79 Å². The van der Waals surface area contributed by atoms with Gasteiger partial charge in [-0.05, 0) is 52.9 Å². The Kier molecular flexibility index (Phi) is 4.21. The van der Waals surface area contributed by atoms with Gasteiger partial charge in [0.1, 0.15) is 4.88 Å². The van der Waals surface area contributed by atoms with Crippen LogP contribution in [0.5, 0.6) is 0 Å². The number of hydrogen-bond donors (Lipinski definition) is 2. The van der Waals surface area contributed by atoms with Crippen LogP contribution in [0.15, 0.2) is 26.8 Å². The quantitative estimate of drug-likeness (QED) is 0.902. The van der Waals surface area contributed by atoms with E-state index in [1.54, 1.807) is 0 Å². The van der Waals surface area contributed by atoms with Gasteiger partial charge in [0, 0.05) is 22.3 Å². The summed E-state index contributed by atoms with van der Waals surface area (Å²) in [6, 6.07) is 3.72. The molecule has 0 aliphatic rings. The van der Waals surface area contributed by atoms with E-state index in [1.165, 1.54) is 11.3 Å². The number of hydrogen-bond acceptors (Lipinski definition) is 3. The second kappa shape index (κ2) is 5.71. The van der Waals surface area contributed by atoms with Crippen LogP contribution in [0, 0.1) is 13.8 Å². The first-order valence-corrected chi connectivity index (χ1v) is 7.37. The first kappa shape index (κ1) is 14.0. The van der Waals surface area contributed by atoms with Gasteiger partial charge in [-0.25, -0.2) is 0 Å². The second-order valence-corrected chi connectivity index (χ2v) is 5.99. The van der Waals surface area contributed by atoms with Crippen LogP contribution >= 0.6 is 27.3 Å². The fourth-order valence-corrected chi connectivity index (χ4v) is 3.27. The highest BCUT2D eigenvalue weighted by Gasteiger charge is 2.12. The molecule has 2 rings (SSSR count). The zero-order chi connectivity index (χ0) is 14.0. The fourth-order valence-electron chi connectivity index (χ4n) is 1.81. The number of aromatic amines is 1. The molecule has 0 aliphatic heterocycles. The van der Waals surface area contributed by atoms with Crippen molar-refractivity contribution in [3.05, 3.63) is 54.0 Å². The molecule has 0 spiro atoms. The number of nitrogens with one attached hydrogen (secondary N) is 2. The highest BCUT2D eigenvalue weighted by Crippen LogP contribution is 2.22. The summed E-state index contributed by atoms with van der Waals surface area (Å²) in [6.45, 7) is 3.93. The number of aryl methyl sites for hydroxylation is 2. The number of amides is 1. The van der Waals surface area contributed by atoms with Crippen molar-refractivity contribution in [3.8, 4) is 0 Å². The molecule has 1 amide bonds. The Bertz CT molecular complexity index is 676. The van der Waals surface area contributed by atoms with Crippen LogP contribution in [-0.4, -0.2) is 10.9 Å². The minimum Gasteiger partial charge on any atom is -0.347 e. The van der Waals surface area contributed by atoms with Crippen LogP contribution in [0.3, 0.4) is 0 Å². The van der Waals surface area contributed by atoms with E-state index in [4.69, 9.17) is 0 Å². The number of pyridine rings is 1. The van der Waals surface area contributed by atoms with Gasteiger partial charge >= 0.3 is 0 Å². The van der Waals surface area contributed by atoms with Crippen LogP contribution < -0.4 is 10.9 Å². The van der Waals surface area contributed by atoms with Gasteiger partial charge in [-0.3, -0.25) is 9.59 Å². The summed E-state index contributed by atoms with van der Waals surface area (Å²) in [5.41, 5.74) is 2.14. The highest BCUT2D eigenvalue weighted by molar-refractivity contribution is 9.10. The molecule has 0 aromatic carbocycles. The molecule has 0 radical (unpaired) electrons. The zero-order valence-corrected chi connectivity index (χ0v) is 12.9. The molecule has 2 heterocycles. The molecule has 0 unspecified atom stereocenters. The largest absolute Gasteiger partial charge is 0.347 e. The van der Waals surface area contributed by atoms with Crippen LogP contribution in [0.1, 0.15) is 26.5 Å². The normalized spacial score (nSPS) is 10.5. The van der Waals surface area contributed by atoms with Crippen LogP contribution in [-0.2, 0) is 6.54 Å². The maximum atomic E-state index is 11.9. The molecule has 0 bridgehead atoms. The molecule has 19 heavy (non-hydrogen) atoms. The lowest BCUT2D eigenvalue weighted by Gasteiger charge is -2.07. The van der Waals surface area contributed by atoms with Crippen LogP contribution in [0.25, 0.3) is 0 Å². The van der Waals surface area contributed by atoms with Crippen molar-refractivity contribution in [1.82, 2.24) is 10.3 Å². The Hall–Kier alpha value is -1.40. The Morgan fingerprint density at radius 1 is 1.47 bits per heavy atom. The summed E-state index contributed by atoms with van der Waals surface area (Å²) in [5, 5.41) is 4.60. The molecule has 0 aliphatic carbocycles. The summed E-state index contributed by atoms with van der Waals surface area (Å²) < 4.78 is 0.768. The van der Waals surface area contributed by atoms with E-state index in [0.717, 1.165) is 15.7 Å². The van der Waals surface area contributed by atoms with E-state index in [-0.39, 0.29) is 18.0 Å². The summed E-state index contributed by atoms with van der Waals surface area (Å²) >= 11 is 4.67. The first-order chi connectivity index (χ1) is 8.99. The molecule has 0 atom stereocenters. The maximum Gasteiger partial charge on any atom is 0.262 e. The van der Waals surface area contributed by atoms with Gasteiger partial charge < -0.3 is 10.3 Å². The number of aromatic nitrogens is 1. The zero-order valence-electron chi connectivity index (χ0n) is 10.5. The summed E-state index contributed by atoms with van der Waals surface area (Å²) in [5.74, 6) is -0.179. The monoisotopic (exact) mass is 340 g/mol.